The van der Waals surface area contributed by atoms with Crippen LogP contribution in [0.15, 0.2) is 36.7 Å². The summed E-state index contributed by atoms with van der Waals surface area (Å²) in [5, 5.41) is 25.4. The number of likely N-dealkylation sites (tertiary alicyclic amines) is 1. The van der Waals surface area contributed by atoms with Gasteiger partial charge in [-0.2, -0.15) is 0 Å². The molecule has 4 rings (SSSR count). The number of rotatable bonds is 10. The van der Waals surface area contributed by atoms with E-state index in [9.17, 15) is 9.90 Å². The van der Waals surface area contributed by atoms with Gasteiger partial charge in [-0.05, 0) is 50.0 Å². The molecule has 12 heteroatoms. The molecule has 4 heterocycles. The van der Waals surface area contributed by atoms with Crippen LogP contribution < -0.4 is 16.4 Å². The minimum Gasteiger partial charge on any atom is -0.397 e. The van der Waals surface area contributed by atoms with Crippen LogP contribution in [-0.4, -0.2) is 74.9 Å². The summed E-state index contributed by atoms with van der Waals surface area (Å²) in [6.45, 7) is 2.93. The quantitative estimate of drug-likeness (QED) is 0.265. The Hall–Kier alpha value is -2.83. The van der Waals surface area contributed by atoms with Crippen molar-refractivity contribution in [2.45, 2.75) is 25.5 Å². The number of halogens is 1. The smallest absolute Gasteiger partial charge is 0.270 e. The molecule has 1 saturated heterocycles. The number of nitrogens with one attached hydrogen (secondary N) is 2. The van der Waals surface area contributed by atoms with Crippen LogP contribution in [0.5, 0.6) is 0 Å². The molecule has 0 radical (unpaired) electrons. The number of aromatic nitrogens is 3. The van der Waals surface area contributed by atoms with Gasteiger partial charge in [-0.3, -0.25) is 14.7 Å². The fourth-order valence-corrected chi connectivity index (χ4v) is 5.04. The molecule has 192 valence electrons. The minimum absolute atomic E-state index is 0.0261. The highest BCUT2D eigenvalue weighted by Gasteiger charge is 2.22. The highest BCUT2D eigenvalue weighted by Crippen LogP contribution is 2.28. The molecule has 0 spiro atoms. The first-order valence-corrected chi connectivity index (χ1v) is 13.0. The Morgan fingerprint density at radius 3 is 2.83 bits per heavy atom. The zero-order chi connectivity index (χ0) is 25.5. The third-order valence-electron chi connectivity index (χ3n) is 6.01. The molecule has 0 aromatic carbocycles. The van der Waals surface area contributed by atoms with Crippen molar-refractivity contribution < 1.29 is 15.0 Å². The van der Waals surface area contributed by atoms with Crippen molar-refractivity contribution in [2.24, 2.45) is 5.92 Å². The van der Waals surface area contributed by atoms with E-state index in [2.05, 4.69) is 30.5 Å². The topological polar surface area (TPSA) is 150 Å². The lowest BCUT2D eigenvalue weighted by atomic mass is 9.96. The molecule has 1 aliphatic rings. The fraction of sp³-hybridized carbons (Fsp3) is 0.417. The summed E-state index contributed by atoms with van der Waals surface area (Å²) in [5.74, 6) is 0.229. The monoisotopic (exact) mass is 531 g/mol. The van der Waals surface area contributed by atoms with Crippen LogP contribution in [0.2, 0.25) is 5.02 Å². The first-order valence-electron chi connectivity index (χ1n) is 11.8. The number of aliphatic hydroxyl groups excluding tert-OH is 2. The molecule has 10 nitrogen and oxygen atoms in total. The number of hydrogen-bond acceptors (Lipinski definition) is 10. The van der Waals surface area contributed by atoms with E-state index in [0.717, 1.165) is 43.2 Å². The number of anilines is 2. The molecule has 1 aliphatic heterocycles. The summed E-state index contributed by atoms with van der Waals surface area (Å²) < 4.78 is 0. The third kappa shape index (κ3) is 6.89. The van der Waals surface area contributed by atoms with Gasteiger partial charge in [0.05, 0.1) is 24.1 Å². The first-order chi connectivity index (χ1) is 17.4. The highest BCUT2D eigenvalue weighted by molar-refractivity contribution is 7.14. The van der Waals surface area contributed by atoms with Gasteiger partial charge < -0.3 is 26.6 Å². The van der Waals surface area contributed by atoms with E-state index in [1.807, 2.05) is 24.4 Å². The van der Waals surface area contributed by atoms with E-state index in [0.29, 0.717) is 12.5 Å². The number of piperidine rings is 1. The van der Waals surface area contributed by atoms with Gasteiger partial charge in [-0.1, -0.05) is 17.7 Å². The molecule has 1 fully saturated rings. The number of hydrogen-bond donors (Lipinski definition) is 5. The van der Waals surface area contributed by atoms with Crippen LogP contribution in [0.3, 0.4) is 0 Å². The predicted molar refractivity (Wildman–Crippen MR) is 141 cm³/mol. The van der Waals surface area contributed by atoms with Gasteiger partial charge in [0.25, 0.3) is 5.91 Å². The Balaban J connectivity index is 1.24. The molecule has 1 unspecified atom stereocenters. The van der Waals surface area contributed by atoms with Gasteiger partial charge in [0.1, 0.15) is 21.5 Å². The van der Waals surface area contributed by atoms with E-state index >= 15 is 0 Å². The maximum atomic E-state index is 12.7. The normalized spacial score (nSPS) is 15.5. The van der Waals surface area contributed by atoms with Gasteiger partial charge in [0.15, 0.2) is 0 Å². The summed E-state index contributed by atoms with van der Waals surface area (Å²) in [5.41, 5.74) is 7.18. The molecule has 0 aliphatic carbocycles. The lowest BCUT2D eigenvalue weighted by Gasteiger charge is -2.31. The number of amides is 1. The number of carbonyl (C=O) groups is 1. The Morgan fingerprint density at radius 1 is 1.31 bits per heavy atom. The van der Waals surface area contributed by atoms with E-state index in [4.69, 9.17) is 22.4 Å². The second kappa shape index (κ2) is 12.4. The summed E-state index contributed by atoms with van der Waals surface area (Å²) >= 11 is 7.83. The molecule has 3 aromatic heterocycles. The van der Waals surface area contributed by atoms with Gasteiger partial charge in [-0.25, -0.2) is 9.97 Å². The summed E-state index contributed by atoms with van der Waals surface area (Å²) in [6, 6.07) is 7.26. The van der Waals surface area contributed by atoms with Crippen LogP contribution in [0.4, 0.5) is 11.5 Å². The molecule has 0 saturated carbocycles. The summed E-state index contributed by atoms with van der Waals surface area (Å²) in [6.07, 6.45) is 4.69. The minimum atomic E-state index is -0.980. The second-order valence-electron chi connectivity index (χ2n) is 8.75. The number of nitrogens with two attached hydrogens (primary N) is 1. The molecular weight excluding hydrogens is 502 g/mol. The highest BCUT2D eigenvalue weighted by atomic mass is 35.5. The lowest BCUT2D eigenvalue weighted by Crippen LogP contribution is -2.38. The van der Waals surface area contributed by atoms with Crippen molar-refractivity contribution in [3.05, 3.63) is 52.3 Å². The maximum absolute atomic E-state index is 12.7. The zero-order valence-electron chi connectivity index (χ0n) is 19.7. The largest absolute Gasteiger partial charge is 0.397 e. The molecule has 1 amide bonds. The van der Waals surface area contributed by atoms with Crippen LogP contribution >= 0.6 is 22.9 Å². The Kier molecular flexibility index (Phi) is 9.05. The van der Waals surface area contributed by atoms with Crippen molar-refractivity contribution >= 4 is 40.4 Å². The molecule has 36 heavy (non-hydrogen) atoms. The lowest BCUT2D eigenvalue weighted by molar-refractivity contribution is 0.0930. The van der Waals surface area contributed by atoms with Crippen LogP contribution in [0.1, 0.15) is 28.2 Å². The Bertz CT molecular complexity index is 1160. The summed E-state index contributed by atoms with van der Waals surface area (Å²) in [7, 11) is 0. The first kappa shape index (κ1) is 26.2. The molecule has 0 bridgehead atoms. The van der Waals surface area contributed by atoms with Crippen LogP contribution in [0.25, 0.3) is 10.7 Å². The van der Waals surface area contributed by atoms with Crippen molar-refractivity contribution in [2.75, 3.05) is 43.8 Å². The third-order valence-corrected chi connectivity index (χ3v) is 7.41. The van der Waals surface area contributed by atoms with Gasteiger partial charge in [0, 0.05) is 36.9 Å². The fourth-order valence-electron chi connectivity index (χ4n) is 3.95. The van der Waals surface area contributed by atoms with E-state index < -0.39 is 12.7 Å². The zero-order valence-corrected chi connectivity index (χ0v) is 21.3. The van der Waals surface area contributed by atoms with Crippen molar-refractivity contribution in [1.29, 1.82) is 0 Å². The number of aliphatic hydroxyl groups is 2. The molecule has 6 N–H and O–H groups in total. The van der Waals surface area contributed by atoms with Crippen molar-refractivity contribution in [3.8, 4) is 10.7 Å². The van der Waals surface area contributed by atoms with Crippen molar-refractivity contribution in [3.63, 3.8) is 0 Å². The number of pyridine rings is 2. The van der Waals surface area contributed by atoms with Gasteiger partial charge >= 0.3 is 0 Å². The van der Waals surface area contributed by atoms with E-state index in [-0.39, 0.29) is 34.7 Å². The number of nitrogens with zero attached hydrogens (tertiary/aromatic N) is 4. The number of carbonyl (C=O) groups excluding carboxylic acids is 1. The van der Waals surface area contributed by atoms with E-state index in [1.165, 1.54) is 10.9 Å². The van der Waals surface area contributed by atoms with Crippen molar-refractivity contribution in [1.82, 2.24) is 25.2 Å². The van der Waals surface area contributed by atoms with Gasteiger partial charge in [-0.15, -0.1) is 11.3 Å². The SMILES string of the molecule is Nc1cc(C(=O)NCC2CCN(Cc3cnc(-c4ccccn4)s3)CC2)nc(NCC(O)CO)c1Cl. The number of thiazole rings is 1. The second-order valence-corrected chi connectivity index (χ2v) is 10.2. The molecule has 1 atom stereocenters. The molecular formula is C24H30ClN7O3S. The standard InChI is InChI=1S/C24H30ClN7O3S/c25-21-18(26)9-20(31-22(21)28-11-16(34)14-33)23(35)29-10-15-4-7-32(8-5-15)13-17-12-30-24(36-17)19-3-1-2-6-27-19/h1-3,6,9,12,15-16,33-34H,4-5,7-8,10-11,13-14H2,(H,29,35)(H3,26,28,31). The van der Waals surface area contributed by atoms with E-state index in [1.54, 1.807) is 17.5 Å². The van der Waals surface area contributed by atoms with Crippen LogP contribution in [0, 0.1) is 5.92 Å². The summed E-state index contributed by atoms with van der Waals surface area (Å²) in [4.78, 5) is 29.5. The average molecular weight is 532 g/mol. The maximum Gasteiger partial charge on any atom is 0.270 e. The molecule has 3 aromatic rings. The van der Waals surface area contributed by atoms with Gasteiger partial charge in [0.2, 0.25) is 0 Å². The predicted octanol–water partition coefficient (Wildman–Crippen LogP) is 2.24. The number of nitrogen functional groups attached to an aromatic ring is 1. The Morgan fingerprint density at radius 2 is 2.11 bits per heavy atom. The Labute approximate surface area is 218 Å². The van der Waals surface area contributed by atoms with Crippen LogP contribution in [-0.2, 0) is 6.54 Å². The average Bonchev–Trinajstić information content (AvgIpc) is 3.37.